The van der Waals surface area contributed by atoms with E-state index < -0.39 is 9.84 Å². The zero-order valence-corrected chi connectivity index (χ0v) is 12.7. The molecule has 2 atom stereocenters. The van der Waals surface area contributed by atoms with Crippen LogP contribution >= 0.6 is 0 Å². The third-order valence-electron chi connectivity index (χ3n) is 3.54. The second-order valence-corrected chi connectivity index (χ2v) is 7.94. The van der Waals surface area contributed by atoms with E-state index in [-0.39, 0.29) is 29.5 Å². The Kier molecular flexibility index (Phi) is 5.20. The van der Waals surface area contributed by atoms with Gasteiger partial charge in [0.1, 0.15) is 0 Å². The number of nitrogens with zero attached hydrogens (tertiary/aromatic N) is 1. The fourth-order valence-electron chi connectivity index (χ4n) is 2.46. The number of carbonyl (C=O) groups is 1. The number of amides is 1. The van der Waals surface area contributed by atoms with Gasteiger partial charge in [-0.25, -0.2) is 8.42 Å². The normalized spacial score (nSPS) is 24.2. The molecule has 4 nitrogen and oxygen atoms in total. The molecule has 0 aliphatic carbocycles. The van der Waals surface area contributed by atoms with Gasteiger partial charge in [0.25, 0.3) is 0 Å². The summed E-state index contributed by atoms with van der Waals surface area (Å²) >= 11 is 0. The van der Waals surface area contributed by atoms with Crippen LogP contribution in [0.25, 0.3) is 0 Å². The van der Waals surface area contributed by atoms with Gasteiger partial charge in [0.15, 0.2) is 9.84 Å². The van der Waals surface area contributed by atoms with Crippen molar-refractivity contribution in [2.24, 2.45) is 5.92 Å². The first kappa shape index (κ1) is 15.5. The average Bonchev–Trinajstić information content (AvgIpc) is 2.57. The van der Waals surface area contributed by atoms with Crippen LogP contribution in [0.15, 0.2) is 0 Å². The van der Waals surface area contributed by atoms with E-state index >= 15 is 0 Å². The Morgan fingerprint density at radius 3 is 2.33 bits per heavy atom. The predicted octanol–water partition coefficient (Wildman–Crippen LogP) is 1.85. The summed E-state index contributed by atoms with van der Waals surface area (Å²) in [6, 6.07) is 0.00532. The maximum atomic E-state index is 12.3. The largest absolute Gasteiger partial charge is 0.336 e. The van der Waals surface area contributed by atoms with E-state index in [1.165, 1.54) is 0 Å². The molecule has 1 fully saturated rings. The van der Waals surface area contributed by atoms with Gasteiger partial charge < -0.3 is 4.90 Å². The fraction of sp³-hybridized carbons (Fsp3) is 0.923. The fourth-order valence-corrected chi connectivity index (χ4v) is 4.17. The topological polar surface area (TPSA) is 54.5 Å². The molecule has 0 aromatic rings. The summed E-state index contributed by atoms with van der Waals surface area (Å²) < 4.78 is 23.1. The van der Waals surface area contributed by atoms with Gasteiger partial charge in [-0.1, -0.05) is 20.8 Å². The molecule has 106 valence electrons. The lowest BCUT2D eigenvalue weighted by Gasteiger charge is -2.34. The van der Waals surface area contributed by atoms with Crippen molar-refractivity contribution in [3.63, 3.8) is 0 Å². The molecule has 1 aliphatic rings. The minimum atomic E-state index is -2.94. The predicted molar refractivity (Wildman–Crippen MR) is 73.1 cm³/mol. The number of rotatable bonds is 5. The second kappa shape index (κ2) is 6.04. The van der Waals surface area contributed by atoms with Crippen molar-refractivity contribution in [1.29, 1.82) is 0 Å². The summed E-state index contributed by atoms with van der Waals surface area (Å²) in [5.74, 6) is 0.768. The molecule has 1 saturated heterocycles. The molecule has 0 N–H and O–H groups in total. The number of hydrogen-bond acceptors (Lipinski definition) is 3. The highest BCUT2D eigenvalue weighted by atomic mass is 32.2. The molecule has 1 rings (SSSR count). The van der Waals surface area contributed by atoms with Gasteiger partial charge in [0, 0.05) is 18.5 Å². The van der Waals surface area contributed by atoms with Crippen molar-refractivity contribution in [3.05, 3.63) is 0 Å². The van der Waals surface area contributed by atoms with E-state index in [1.807, 2.05) is 32.6 Å². The third-order valence-corrected chi connectivity index (χ3v) is 5.29. The molecule has 1 aliphatic heterocycles. The number of carbonyl (C=O) groups excluding carboxylic acids is 1. The maximum Gasteiger partial charge on any atom is 0.223 e. The van der Waals surface area contributed by atoms with Gasteiger partial charge in [-0.05, 0) is 25.7 Å². The zero-order valence-electron chi connectivity index (χ0n) is 11.8. The average molecular weight is 275 g/mol. The van der Waals surface area contributed by atoms with Gasteiger partial charge in [-0.15, -0.1) is 0 Å². The first-order valence-corrected chi connectivity index (χ1v) is 8.60. The van der Waals surface area contributed by atoms with E-state index in [2.05, 4.69) is 0 Å². The summed E-state index contributed by atoms with van der Waals surface area (Å²) in [6.07, 6.45) is 1.96. The quantitative estimate of drug-likeness (QED) is 0.769. The van der Waals surface area contributed by atoms with Crippen LogP contribution in [0.5, 0.6) is 0 Å². The Morgan fingerprint density at radius 1 is 1.33 bits per heavy atom. The van der Waals surface area contributed by atoms with Crippen molar-refractivity contribution in [3.8, 4) is 0 Å². The van der Waals surface area contributed by atoms with E-state index in [4.69, 9.17) is 0 Å². The molecular weight excluding hydrogens is 250 g/mol. The summed E-state index contributed by atoms with van der Waals surface area (Å²) in [5.41, 5.74) is 0. The monoisotopic (exact) mass is 275 g/mol. The van der Waals surface area contributed by atoms with Crippen LogP contribution < -0.4 is 0 Å². The SMILES string of the molecule is CCC(C)N(C(=O)CC(C)C)C1CCS(=O)(=O)C1. The van der Waals surface area contributed by atoms with Gasteiger partial charge in [0.2, 0.25) is 5.91 Å². The number of hydrogen-bond donors (Lipinski definition) is 0. The molecule has 5 heteroatoms. The van der Waals surface area contributed by atoms with E-state index in [0.717, 1.165) is 6.42 Å². The van der Waals surface area contributed by atoms with Crippen molar-refractivity contribution in [2.75, 3.05) is 11.5 Å². The van der Waals surface area contributed by atoms with Gasteiger partial charge in [0.05, 0.1) is 11.5 Å². The van der Waals surface area contributed by atoms with Crippen LogP contribution in [0.3, 0.4) is 0 Å². The van der Waals surface area contributed by atoms with E-state index in [9.17, 15) is 13.2 Å². The summed E-state index contributed by atoms with van der Waals surface area (Å²) in [4.78, 5) is 14.1. The lowest BCUT2D eigenvalue weighted by atomic mass is 10.1. The second-order valence-electron chi connectivity index (χ2n) is 5.71. The molecule has 0 spiro atoms. The molecule has 0 bridgehead atoms. The van der Waals surface area contributed by atoms with Crippen molar-refractivity contribution < 1.29 is 13.2 Å². The molecular formula is C13H25NO3S. The standard InChI is InChI=1S/C13H25NO3S/c1-5-11(4)14(13(15)8-10(2)3)12-6-7-18(16,17)9-12/h10-12H,5-9H2,1-4H3. The summed E-state index contributed by atoms with van der Waals surface area (Å²) in [7, 11) is -2.94. The highest BCUT2D eigenvalue weighted by Gasteiger charge is 2.36. The Hall–Kier alpha value is -0.580. The highest BCUT2D eigenvalue weighted by Crippen LogP contribution is 2.23. The third kappa shape index (κ3) is 3.97. The van der Waals surface area contributed by atoms with Crippen LogP contribution in [0, 0.1) is 5.92 Å². The molecule has 18 heavy (non-hydrogen) atoms. The Bertz CT molecular complexity index is 389. The summed E-state index contributed by atoms with van der Waals surface area (Å²) in [6.45, 7) is 8.06. The van der Waals surface area contributed by atoms with Crippen LogP contribution in [-0.4, -0.2) is 42.8 Å². The number of sulfone groups is 1. The molecule has 2 unspecified atom stereocenters. The van der Waals surface area contributed by atoms with E-state index in [1.54, 1.807) is 0 Å². The molecule has 0 aromatic carbocycles. The highest BCUT2D eigenvalue weighted by molar-refractivity contribution is 7.91. The van der Waals surface area contributed by atoms with Crippen molar-refractivity contribution in [1.82, 2.24) is 4.90 Å². The van der Waals surface area contributed by atoms with Crippen LogP contribution in [0.2, 0.25) is 0 Å². The first-order chi connectivity index (χ1) is 8.26. The zero-order chi connectivity index (χ0) is 13.9. The maximum absolute atomic E-state index is 12.3. The smallest absolute Gasteiger partial charge is 0.223 e. The van der Waals surface area contributed by atoms with Crippen LogP contribution in [0.1, 0.15) is 47.0 Å². The van der Waals surface area contributed by atoms with Crippen molar-refractivity contribution >= 4 is 15.7 Å². The van der Waals surface area contributed by atoms with Crippen LogP contribution in [-0.2, 0) is 14.6 Å². The van der Waals surface area contributed by atoms with Gasteiger partial charge >= 0.3 is 0 Å². The van der Waals surface area contributed by atoms with Crippen LogP contribution in [0.4, 0.5) is 0 Å². The lowest BCUT2D eigenvalue weighted by molar-refractivity contribution is -0.136. The minimum Gasteiger partial charge on any atom is -0.336 e. The molecule has 0 saturated carbocycles. The van der Waals surface area contributed by atoms with Gasteiger partial charge in [-0.3, -0.25) is 4.79 Å². The van der Waals surface area contributed by atoms with E-state index in [0.29, 0.717) is 18.8 Å². The van der Waals surface area contributed by atoms with Crippen molar-refractivity contribution in [2.45, 2.75) is 59.0 Å². The minimum absolute atomic E-state index is 0.0986. The Balaban J connectivity index is 2.82. The lowest BCUT2D eigenvalue weighted by Crippen LogP contribution is -2.46. The molecule has 1 heterocycles. The Morgan fingerprint density at radius 2 is 1.94 bits per heavy atom. The summed E-state index contributed by atoms with van der Waals surface area (Å²) in [5, 5.41) is 0. The van der Waals surface area contributed by atoms with Gasteiger partial charge in [-0.2, -0.15) is 0 Å². The molecule has 1 amide bonds. The first-order valence-electron chi connectivity index (χ1n) is 6.78. The molecule has 0 aromatic heterocycles. The molecule has 0 radical (unpaired) electrons. The Labute approximate surface area is 111 Å².